The van der Waals surface area contributed by atoms with E-state index in [0.717, 1.165) is 10.4 Å². The van der Waals surface area contributed by atoms with E-state index in [2.05, 4.69) is 0 Å². The van der Waals surface area contributed by atoms with Gasteiger partial charge in [0, 0.05) is 18.7 Å². The standard InChI is InChI=1S/C13H18N2O6S/c1-4-5-14(8-13(16)17)22(20,21)12-7-11(15(18)19)6-9(2)10(12)3/h6-7H,4-5,8H2,1-3H3,(H,16,17). The van der Waals surface area contributed by atoms with Gasteiger partial charge in [-0.15, -0.1) is 0 Å². The molecular weight excluding hydrogens is 312 g/mol. The second-order valence-corrected chi connectivity index (χ2v) is 6.78. The molecule has 1 aromatic carbocycles. The van der Waals surface area contributed by atoms with Crippen LogP contribution in [0.5, 0.6) is 0 Å². The van der Waals surface area contributed by atoms with Crippen LogP contribution in [-0.2, 0) is 14.8 Å². The van der Waals surface area contributed by atoms with Crippen molar-refractivity contribution in [2.75, 3.05) is 13.1 Å². The van der Waals surface area contributed by atoms with E-state index < -0.39 is 27.5 Å². The highest BCUT2D eigenvalue weighted by molar-refractivity contribution is 7.89. The van der Waals surface area contributed by atoms with Crippen LogP contribution in [0, 0.1) is 24.0 Å². The third-order valence-corrected chi connectivity index (χ3v) is 5.19. The summed E-state index contributed by atoms with van der Waals surface area (Å²) in [7, 11) is -4.12. The van der Waals surface area contributed by atoms with Crippen molar-refractivity contribution in [1.82, 2.24) is 4.31 Å². The highest BCUT2D eigenvalue weighted by atomic mass is 32.2. The Bertz CT molecular complexity index is 699. The quantitative estimate of drug-likeness (QED) is 0.600. The topological polar surface area (TPSA) is 118 Å². The number of non-ortho nitro benzene ring substituents is 1. The molecule has 1 N–H and O–H groups in total. The van der Waals surface area contributed by atoms with Crippen molar-refractivity contribution in [2.24, 2.45) is 0 Å². The summed E-state index contributed by atoms with van der Waals surface area (Å²) in [6.07, 6.45) is 0.430. The first-order valence-corrected chi connectivity index (χ1v) is 8.02. The van der Waals surface area contributed by atoms with Crippen LogP contribution in [0.25, 0.3) is 0 Å². The van der Waals surface area contributed by atoms with Gasteiger partial charge in [-0.2, -0.15) is 4.31 Å². The second kappa shape index (κ2) is 6.84. The second-order valence-electron chi connectivity index (χ2n) is 4.88. The van der Waals surface area contributed by atoms with E-state index >= 15 is 0 Å². The van der Waals surface area contributed by atoms with Gasteiger partial charge in [0.2, 0.25) is 10.0 Å². The Balaban J connectivity index is 3.48. The van der Waals surface area contributed by atoms with Crippen LogP contribution >= 0.6 is 0 Å². The predicted molar refractivity (Wildman–Crippen MR) is 79.3 cm³/mol. The van der Waals surface area contributed by atoms with Crippen molar-refractivity contribution in [3.05, 3.63) is 33.4 Å². The number of benzene rings is 1. The number of hydrogen-bond acceptors (Lipinski definition) is 5. The average Bonchev–Trinajstić information content (AvgIpc) is 2.40. The van der Waals surface area contributed by atoms with Crippen molar-refractivity contribution < 1.29 is 23.2 Å². The van der Waals surface area contributed by atoms with Crippen LogP contribution in [0.2, 0.25) is 0 Å². The summed E-state index contributed by atoms with van der Waals surface area (Å²) in [4.78, 5) is 20.9. The fourth-order valence-electron chi connectivity index (χ4n) is 2.01. The number of carboxylic acids is 1. The molecule has 22 heavy (non-hydrogen) atoms. The van der Waals surface area contributed by atoms with Crippen LogP contribution < -0.4 is 0 Å². The SMILES string of the molecule is CCCN(CC(=O)O)S(=O)(=O)c1cc([N+](=O)[O-])cc(C)c1C. The summed E-state index contributed by atoms with van der Waals surface area (Å²) < 4.78 is 26.1. The smallest absolute Gasteiger partial charge is 0.318 e. The van der Waals surface area contributed by atoms with E-state index in [1.165, 1.54) is 13.0 Å². The maximum Gasteiger partial charge on any atom is 0.318 e. The molecule has 0 unspecified atom stereocenters. The van der Waals surface area contributed by atoms with Gasteiger partial charge < -0.3 is 5.11 Å². The highest BCUT2D eigenvalue weighted by Gasteiger charge is 2.29. The van der Waals surface area contributed by atoms with E-state index in [1.807, 2.05) is 0 Å². The van der Waals surface area contributed by atoms with Crippen LogP contribution in [0.15, 0.2) is 17.0 Å². The lowest BCUT2D eigenvalue weighted by atomic mass is 10.1. The molecule has 0 aromatic heterocycles. The largest absolute Gasteiger partial charge is 0.480 e. The number of carbonyl (C=O) groups is 1. The first-order valence-electron chi connectivity index (χ1n) is 6.58. The van der Waals surface area contributed by atoms with Gasteiger partial charge in [-0.1, -0.05) is 6.92 Å². The number of nitro benzene ring substituents is 1. The first-order chi connectivity index (χ1) is 10.1. The van der Waals surface area contributed by atoms with Crippen molar-refractivity contribution >= 4 is 21.7 Å². The van der Waals surface area contributed by atoms with E-state index in [4.69, 9.17) is 5.11 Å². The van der Waals surface area contributed by atoms with Crippen LogP contribution in [0.3, 0.4) is 0 Å². The van der Waals surface area contributed by atoms with E-state index in [-0.39, 0.29) is 17.1 Å². The summed E-state index contributed by atoms with van der Waals surface area (Å²) in [5.41, 5.74) is 0.491. The predicted octanol–water partition coefficient (Wildman–Crippen LogP) is 1.70. The van der Waals surface area contributed by atoms with Crippen LogP contribution in [-0.4, -0.2) is 41.8 Å². The molecule has 0 bridgehead atoms. The molecule has 0 spiro atoms. The molecule has 0 saturated heterocycles. The molecule has 122 valence electrons. The van der Waals surface area contributed by atoms with E-state index in [1.54, 1.807) is 13.8 Å². The molecule has 0 heterocycles. The van der Waals surface area contributed by atoms with Crippen LogP contribution in [0.1, 0.15) is 24.5 Å². The molecule has 0 amide bonds. The third-order valence-electron chi connectivity index (χ3n) is 3.22. The molecule has 0 aliphatic carbocycles. The van der Waals surface area contributed by atoms with Gasteiger partial charge in [-0.3, -0.25) is 14.9 Å². The maximum atomic E-state index is 12.6. The van der Waals surface area contributed by atoms with Gasteiger partial charge in [0.25, 0.3) is 5.69 Å². The minimum absolute atomic E-state index is 0.0236. The number of carboxylic acid groups (broad SMARTS) is 1. The molecule has 9 heteroatoms. The molecule has 0 aliphatic heterocycles. The zero-order chi connectivity index (χ0) is 17.1. The summed E-state index contributed by atoms with van der Waals surface area (Å²) in [5, 5.41) is 19.8. The molecule has 1 rings (SSSR count). The molecule has 0 radical (unpaired) electrons. The Morgan fingerprint density at radius 3 is 2.41 bits per heavy atom. The van der Waals surface area contributed by atoms with Gasteiger partial charge >= 0.3 is 5.97 Å². The van der Waals surface area contributed by atoms with Gasteiger partial charge in [-0.25, -0.2) is 8.42 Å². The number of aliphatic carboxylic acids is 1. The molecule has 0 saturated carbocycles. The van der Waals surface area contributed by atoms with Crippen molar-refractivity contribution in [2.45, 2.75) is 32.1 Å². The van der Waals surface area contributed by atoms with Gasteiger partial charge in [0.1, 0.15) is 6.54 Å². The Morgan fingerprint density at radius 1 is 1.36 bits per heavy atom. The molecule has 1 aromatic rings. The zero-order valence-electron chi connectivity index (χ0n) is 12.6. The van der Waals surface area contributed by atoms with Crippen molar-refractivity contribution in [3.63, 3.8) is 0 Å². The molecular formula is C13H18N2O6S. The van der Waals surface area contributed by atoms with Crippen LogP contribution in [0.4, 0.5) is 5.69 Å². The lowest BCUT2D eigenvalue weighted by molar-refractivity contribution is -0.385. The van der Waals surface area contributed by atoms with Gasteiger partial charge in [0.15, 0.2) is 0 Å². The maximum absolute atomic E-state index is 12.6. The summed E-state index contributed by atoms with van der Waals surface area (Å²) >= 11 is 0. The minimum Gasteiger partial charge on any atom is -0.480 e. The molecule has 0 atom stereocenters. The summed E-state index contributed by atoms with van der Waals surface area (Å²) in [5.74, 6) is -1.28. The minimum atomic E-state index is -4.12. The number of sulfonamides is 1. The summed E-state index contributed by atoms with van der Waals surface area (Å²) in [6.45, 7) is 4.17. The highest BCUT2D eigenvalue weighted by Crippen LogP contribution is 2.27. The molecule has 8 nitrogen and oxygen atoms in total. The number of rotatable bonds is 7. The lowest BCUT2D eigenvalue weighted by Crippen LogP contribution is -2.36. The molecule has 0 fully saturated rings. The number of hydrogen-bond donors (Lipinski definition) is 1. The Hall–Kier alpha value is -2.00. The summed E-state index contributed by atoms with van der Waals surface area (Å²) in [6, 6.07) is 2.26. The lowest BCUT2D eigenvalue weighted by Gasteiger charge is -2.21. The van der Waals surface area contributed by atoms with Crippen molar-refractivity contribution in [3.8, 4) is 0 Å². The fourth-order valence-corrected chi connectivity index (χ4v) is 3.80. The van der Waals surface area contributed by atoms with Crippen molar-refractivity contribution in [1.29, 1.82) is 0 Å². The normalized spacial score (nSPS) is 11.6. The zero-order valence-corrected chi connectivity index (χ0v) is 13.4. The monoisotopic (exact) mass is 330 g/mol. The van der Waals surface area contributed by atoms with E-state index in [9.17, 15) is 23.3 Å². The first kappa shape index (κ1) is 18.1. The van der Waals surface area contributed by atoms with Gasteiger partial charge in [-0.05, 0) is 31.4 Å². The van der Waals surface area contributed by atoms with E-state index in [0.29, 0.717) is 17.5 Å². The number of nitro groups is 1. The fraction of sp³-hybridized carbons (Fsp3) is 0.462. The Kier molecular flexibility index (Phi) is 5.61. The van der Waals surface area contributed by atoms with Gasteiger partial charge in [0.05, 0.1) is 9.82 Å². The molecule has 0 aliphatic rings. The average molecular weight is 330 g/mol. The Morgan fingerprint density at radius 2 is 1.95 bits per heavy atom. The number of nitrogens with zero attached hydrogens (tertiary/aromatic N) is 2. The number of aryl methyl sites for hydroxylation is 1. The third kappa shape index (κ3) is 3.80. The Labute approximate surface area is 128 Å².